The van der Waals surface area contributed by atoms with Crippen LogP contribution < -0.4 is 0 Å². The Labute approximate surface area is 108 Å². The Morgan fingerprint density at radius 1 is 1.09 bits per heavy atom. The number of rotatable bonds is 0. The van der Waals surface area contributed by atoms with Crippen LogP contribution in [0, 0.1) is 0 Å². The van der Waals surface area contributed by atoms with Crippen LogP contribution in [0.3, 0.4) is 0 Å². The summed E-state index contributed by atoms with van der Waals surface area (Å²) in [5.41, 5.74) is 0. The van der Waals surface area contributed by atoms with E-state index in [1.807, 2.05) is 0 Å². The number of hydrogen-bond donors (Lipinski definition) is 0. The second-order valence-corrected chi connectivity index (χ2v) is 3.91. The van der Waals surface area contributed by atoms with Crippen LogP contribution in [0.5, 0.6) is 0 Å². The first kappa shape index (κ1) is 18.4. The normalized spacial score (nSPS) is 13.5. The second kappa shape index (κ2) is 17.7. The van der Waals surface area contributed by atoms with Crippen molar-refractivity contribution in [1.82, 2.24) is 0 Å². The van der Waals surface area contributed by atoms with Crippen LogP contribution in [0.1, 0.15) is 22.1 Å². The fraction of sp³-hybridized carbons (Fsp3) is 1.00. The molecule has 0 aromatic heterocycles. The van der Waals surface area contributed by atoms with E-state index in [9.17, 15) is 0 Å². The smallest absolute Gasteiger partial charge is 1.00 e. The van der Waals surface area contributed by atoms with E-state index >= 15 is 0 Å². The van der Waals surface area contributed by atoms with Crippen LogP contribution in [0.25, 0.3) is 0 Å². The molecule has 63 valence electrons. The summed E-state index contributed by atoms with van der Waals surface area (Å²) in [5, 5.41) is 3.17. The van der Waals surface area contributed by atoms with Gasteiger partial charge in [0.2, 0.25) is 0 Å². The SMILES string of the molecule is C1C[CH2][Al][CH2]C1.O.O=[PH]=O.[Ca+2].[H-].[H-]. The Balaban J connectivity index is -0.0000000282. The molecule has 1 saturated heterocycles. The van der Waals surface area contributed by atoms with Crippen LogP contribution in [0.15, 0.2) is 0 Å². The summed E-state index contributed by atoms with van der Waals surface area (Å²) in [7, 11) is -1.42. The maximum atomic E-state index is 8.40. The molecule has 1 heterocycles. The van der Waals surface area contributed by atoms with Crippen molar-refractivity contribution in [3.05, 3.63) is 0 Å². The Morgan fingerprint density at radius 2 is 1.45 bits per heavy atom. The van der Waals surface area contributed by atoms with Crippen molar-refractivity contribution >= 4 is 61.3 Å². The first-order valence-electron chi connectivity index (χ1n) is 3.22. The molecule has 3 nitrogen and oxygen atoms in total. The van der Waals surface area contributed by atoms with Gasteiger partial charge in [-0.15, -0.1) is 10.6 Å². The molecule has 1 aliphatic heterocycles. The summed E-state index contributed by atoms with van der Waals surface area (Å²) in [4.78, 5) is 0. The van der Waals surface area contributed by atoms with Gasteiger partial charge >= 0.3 is 46.1 Å². The Morgan fingerprint density at radius 3 is 1.55 bits per heavy atom. The average molecular weight is 221 g/mol. The molecule has 0 spiro atoms. The zero-order chi connectivity index (χ0) is 6.95. The van der Waals surface area contributed by atoms with Gasteiger partial charge in [-0.3, -0.25) is 0 Å². The van der Waals surface area contributed by atoms with Crippen molar-refractivity contribution in [3.63, 3.8) is 0 Å². The largest absolute Gasteiger partial charge is 2.00 e. The van der Waals surface area contributed by atoms with Gasteiger partial charge < -0.3 is 8.33 Å². The van der Waals surface area contributed by atoms with E-state index in [1.54, 1.807) is 10.6 Å². The molecule has 0 bridgehead atoms. The van der Waals surface area contributed by atoms with Crippen LogP contribution in [0.4, 0.5) is 0 Å². The summed E-state index contributed by atoms with van der Waals surface area (Å²) in [5.74, 6) is 0. The zero-order valence-corrected chi connectivity index (χ0v) is 11.0. The van der Waals surface area contributed by atoms with Crippen LogP contribution in [0.2, 0.25) is 10.6 Å². The average Bonchev–Trinajstić information content (AvgIpc) is 1.93. The van der Waals surface area contributed by atoms with Gasteiger partial charge in [-0.1, -0.05) is 19.3 Å². The van der Waals surface area contributed by atoms with E-state index < -0.39 is 8.34 Å². The van der Waals surface area contributed by atoms with Crippen molar-refractivity contribution in [3.8, 4) is 0 Å². The molecule has 6 heteroatoms. The van der Waals surface area contributed by atoms with Crippen molar-refractivity contribution in [2.75, 3.05) is 0 Å². The zero-order valence-electron chi connectivity index (χ0n) is 8.64. The Kier molecular flexibility index (Phi) is 29.6. The molecule has 11 heavy (non-hydrogen) atoms. The van der Waals surface area contributed by atoms with E-state index in [4.69, 9.17) is 9.13 Å². The first-order chi connectivity index (χ1) is 4.41. The van der Waals surface area contributed by atoms with Crippen molar-refractivity contribution in [2.24, 2.45) is 0 Å². The molecular formula is C5H15AlCaO3P. The fourth-order valence-corrected chi connectivity index (χ4v) is 2.34. The minimum Gasteiger partial charge on any atom is -1.00 e. The predicted molar refractivity (Wildman–Crippen MR) is 50.5 cm³/mol. The number of hydrogen-bond acceptors (Lipinski definition) is 2. The molecule has 1 rings (SSSR count). The molecule has 0 aliphatic carbocycles. The van der Waals surface area contributed by atoms with Gasteiger partial charge in [-0.2, -0.15) is 0 Å². The first-order valence-corrected chi connectivity index (χ1v) is 5.67. The summed E-state index contributed by atoms with van der Waals surface area (Å²) >= 11 is 0.905. The summed E-state index contributed by atoms with van der Waals surface area (Å²) < 4.78 is 16.8. The van der Waals surface area contributed by atoms with E-state index in [2.05, 4.69) is 0 Å². The quantitative estimate of drug-likeness (QED) is 0.454. The molecule has 1 fully saturated rings. The minimum atomic E-state index is -1.42. The molecule has 0 aromatic carbocycles. The van der Waals surface area contributed by atoms with Crippen molar-refractivity contribution in [2.45, 2.75) is 29.8 Å². The molecule has 0 unspecified atom stereocenters. The van der Waals surface area contributed by atoms with Crippen molar-refractivity contribution in [1.29, 1.82) is 0 Å². The third-order valence-corrected chi connectivity index (χ3v) is 2.95. The maximum absolute atomic E-state index is 8.40. The van der Waals surface area contributed by atoms with Gasteiger partial charge in [0.25, 0.3) is 0 Å². The molecule has 1 radical (unpaired) electrons. The minimum absolute atomic E-state index is 0. The predicted octanol–water partition coefficient (Wildman–Crippen LogP) is 1.09. The standard InChI is InChI=1S/C5H10.Al.Ca.HO2P.H2O.2H/c1-3-5-4-2;;;1-3-2;;;/h1-5H2;;;3H;1H2;;/q;;+2;;;2*-1. The maximum Gasteiger partial charge on any atom is 2.00 e. The Bertz CT molecular complexity index is 90.3. The van der Waals surface area contributed by atoms with E-state index in [-0.39, 0.29) is 46.1 Å². The third kappa shape index (κ3) is 18.5. The molecule has 0 atom stereocenters. The molecule has 0 aromatic rings. The van der Waals surface area contributed by atoms with E-state index in [1.165, 1.54) is 19.3 Å². The van der Waals surface area contributed by atoms with Crippen molar-refractivity contribution < 1.29 is 17.5 Å². The summed E-state index contributed by atoms with van der Waals surface area (Å²) in [6.45, 7) is 0. The Hall–Kier alpha value is 1.65. The van der Waals surface area contributed by atoms with Gasteiger partial charge in [-0.05, 0) is 0 Å². The fourth-order valence-electron chi connectivity index (χ4n) is 0.898. The monoisotopic (exact) mass is 221 g/mol. The molecule has 0 saturated carbocycles. The molecule has 1 aliphatic rings. The topological polar surface area (TPSA) is 65.6 Å². The van der Waals surface area contributed by atoms with Crippen LogP contribution >= 0.6 is 8.34 Å². The van der Waals surface area contributed by atoms with Crippen LogP contribution in [-0.4, -0.2) is 58.4 Å². The summed E-state index contributed by atoms with van der Waals surface area (Å²) in [6, 6.07) is 0. The van der Waals surface area contributed by atoms with Gasteiger partial charge in [0, 0.05) is 0 Å². The molecule has 2 N–H and O–H groups in total. The second-order valence-electron chi connectivity index (χ2n) is 2.01. The molecular weight excluding hydrogens is 206 g/mol. The van der Waals surface area contributed by atoms with Gasteiger partial charge in [0.15, 0.2) is 15.2 Å². The van der Waals surface area contributed by atoms with Gasteiger partial charge in [0.1, 0.15) is 0 Å². The third-order valence-electron chi connectivity index (χ3n) is 1.32. The van der Waals surface area contributed by atoms with Crippen LogP contribution in [-0.2, 0) is 9.13 Å². The molecule has 0 amide bonds. The van der Waals surface area contributed by atoms with Gasteiger partial charge in [-0.25, -0.2) is 9.13 Å². The van der Waals surface area contributed by atoms with Gasteiger partial charge in [0.05, 0.1) is 0 Å². The summed E-state index contributed by atoms with van der Waals surface area (Å²) in [6.07, 6.45) is 4.59. The van der Waals surface area contributed by atoms with E-state index in [0.29, 0.717) is 0 Å². The van der Waals surface area contributed by atoms with E-state index in [0.717, 1.165) is 15.2 Å².